The molecule has 2 rings (SSSR count). The molecule has 2 aromatic rings. The summed E-state index contributed by atoms with van der Waals surface area (Å²) >= 11 is 3.41. The van der Waals surface area contributed by atoms with E-state index in [1.54, 1.807) is 0 Å². The summed E-state index contributed by atoms with van der Waals surface area (Å²) in [6, 6.07) is 8.20. The van der Waals surface area contributed by atoms with Crippen LogP contribution in [0.15, 0.2) is 28.9 Å². The third-order valence-electron chi connectivity index (χ3n) is 2.70. The number of hydrogen-bond acceptors (Lipinski definition) is 3. The van der Waals surface area contributed by atoms with Crippen molar-refractivity contribution in [3.63, 3.8) is 0 Å². The molecule has 0 amide bonds. The normalized spacial score (nSPS) is 10.4. The minimum absolute atomic E-state index is 0.807. The highest BCUT2D eigenvalue weighted by Gasteiger charge is 2.04. The van der Waals surface area contributed by atoms with E-state index in [0.29, 0.717) is 0 Å². The van der Waals surface area contributed by atoms with Crippen LogP contribution in [0.25, 0.3) is 0 Å². The Morgan fingerprint density at radius 3 is 2.61 bits per heavy atom. The molecule has 94 valence electrons. The maximum Gasteiger partial charge on any atom is 0.135 e. The Kier molecular flexibility index (Phi) is 3.97. The number of nitrogens with one attached hydrogen (secondary N) is 1. The number of halogens is 1. The molecule has 0 radical (unpaired) electrons. The molecule has 1 heterocycles. The van der Waals surface area contributed by atoms with Crippen LogP contribution in [0.4, 0.5) is 11.5 Å². The molecule has 3 nitrogen and oxygen atoms in total. The molecule has 4 heteroatoms. The van der Waals surface area contributed by atoms with E-state index >= 15 is 0 Å². The van der Waals surface area contributed by atoms with Crippen LogP contribution in [0.2, 0.25) is 0 Å². The van der Waals surface area contributed by atoms with Crippen molar-refractivity contribution in [3.05, 3.63) is 45.8 Å². The lowest BCUT2D eigenvalue weighted by molar-refractivity contribution is 0.931. The number of nitrogens with zero attached hydrogens (tertiary/aromatic N) is 2. The van der Waals surface area contributed by atoms with Gasteiger partial charge in [-0.25, -0.2) is 9.97 Å². The van der Waals surface area contributed by atoms with Gasteiger partial charge in [-0.1, -0.05) is 24.6 Å². The molecule has 0 aliphatic heterocycles. The second kappa shape index (κ2) is 5.48. The van der Waals surface area contributed by atoms with Gasteiger partial charge in [0.2, 0.25) is 0 Å². The van der Waals surface area contributed by atoms with Crippen molar-refractivity contribution in [1.29, 1.82) is 0 Å². The third-order valence-corrected chi connectivity index (χ3v) is 3.11. The third kappa shape index (κ3) is 3.07. The molecule has 0 saturated heterocycles. The fourth-order valence-electron chi connectivity index (χ4n) is 1.78. The van der Waals surface area contributed by atoms with Crippen molar-refractivity contribution in [1.82, 2.24) is 9.97 Å². The van der Waals surface area contributed by atoms with Crippen molar-refractivity contribution in [3.8, 4) is 0 Å². The van der Waals surface area contributed by atoms with E-state index in [-0.39, 0.29) is 0 Å². The minimum Gasteiger partial charge on any atom is -0.340 e. The van der Waals surface area contributed by atoms with E-state index in [4.69, 9.17) is 0 Å². The first-order valence-electron chi connectivity index (χ1n) is 5.96. The Hall–Kier alpha value is -1.42. The van der Waals surface area contributed by atoms with E-state index in [1.165, 1.54) is 11.1 Å². The van der Waals surface area contributed by atoms with Crippen molar-refractivity contribution in [2.45, 2.75) is 27.2 Å². The summed E-state index contributed by atoms with van der Waals surface area (Å²) in [7, 11) is 0. The van der Waals surface area contributed by atoms with Gasteiger partial charge in [-0.2, -0.15) is 0 Å². The lowest BCUT2D eigenvalue weighted by Crippen LogP contribution is -2.00. The van der Waals surface area contributed by atoms with Crippen LogP contribution in [-0.4, -0.2) is 9.97 Å². The molecule has 0 unspecified atom stereocenters. The molecule has 1 aromatic carbocycles. The zero-order valence-corrected chi connectivity index (χ0v) is 12.4. The highest BCUT2D eigenvalue weighted by Crippen LogP contribution is 2.22. The van der Waals surface area contributed by atoms with Gasteiger partial charge in [-0.05, 0) is 41.4 Å². The van der Waals surface area contributed by atoms with Crippen molar-refractivity contribution in [2.75, 3.05) is 5.32 Å². The monoisotopic (exact) mass is 305 g/mol. The predicted molar refractivity (Wildman–Crippen MR) is 78.3 cm³/mol. The summed E-state index contributed by atoms with van der Waals surface area (Å²) in [6.07, 6.45) is 0.820. The quantitative estimate of drug-likeness (QED) is 0.865. The van der Waals surface area contributed by atoms with Gasteiger partial charge in [0.15, 0.2) is 0 Å². The number of aryl methyl sites for hydroxylation is 3. The van der Waals surface area contributed by atoms with Gasteiger partial charge in [0.25, 0.3) is 0 Å². The maximum atomic E-state index is 4.46. The molecular formula is C14H16BrN3. The van der Waals surface area contributed by atoms with Gasteiger partial charge < -0.3 is 5.32 Å². The minimum atomic E-state index is 0.807. The predicted octanol–water partition coefficient (Wildman–Crippen LogP) is 4.16. The van der Waals surface area contributed by atoms with E-state index < -0.39 is 0 Å². The Labute approximate surface area is 116 Å². The zero-order valence-electron chi connectivity index (χ0n) is 10.8. The second-order valence-corrected chi connectivity index (χ2v) is 5.10. The van der Waals surface area contributed by atoms with E-state index in [0.717, 1.165) is 28.4 Å². The van der Waals surface area contributed by atoms with E-state index in [2.05, 4.69) is 63.3 Å². The van der Waals surface area contributed by atoms with Crippen LogP contribution >= 0.6 is 15.9 Å². The summed E-state index contributed by atoms with van der Waals surface area (Å²) < 4.78 is 0.807. The lowest BCUT2D eigenvalue weighted by Gasteiger charge is -2.10. The number of benzene rings is 1. The van der Waals surface area contributed by atoms with E-state index in [1.807, 2.05) is 13.0 Å². The zero-order chi connectivity index (χ0) is 13.1. The van der Waals surface area contributed by atoms with Crippen LogP contribution < -0.4 is 5.32 Å². The standard InChI is InChI=1S/C14H16BrN3/c1-4-13-17-12(15)8-14(18-13)16-11-6-5-9(2)7-10(11)3/h5-8H,4H2,1-3H3,(H,16,17,18). The summed E-state index contributed by atoms with van der Waals surface area (Å²) in [5, 5.41) is 3.33. The first kappa shape index (κ1) is 13.0. The van der Waals surface area contributed by atoms with Gasteiger partial charge in [0.05, 0.1) is 0 Å². The van der Waals surface area contributed by atoms with Gasteiger partial charge in [0, 0.05) is 18.2 Å². The average Bonchev–Trinajstić information content (AvgIpc) is 2.32. The van der Waals surface area contributed by atoms with Crippen LogP contribution in [0.5, 0.6) is 0 Å². The first-order chi connectivity index (χ1) is 8.58. The number of rotatable bonds is 3. The van der Waals surface area contributed by atoms with E-state index in [9.17, 15) is 0 Å². The molecule has 0 atom stereocenters. The summed E-state index contributed by atoms with van der Waals surface area (Å²) in [5.41, 5.74) is 3.55. The molecule has 0 saturated carbocycles. The summed E-state index contributed by atoms with van der Waals surface area (Å²) in [5.74, 6) is 1.65. The second-order valence-electron chi connectivity index (χ2n) is 4.29. The molecular weight excluding hydrogens is 290 g/mol. The number of anilines is 2. The molecule has 18 heavy (non-hydrogen) atoms. The SMILES string of the molecule is CCc1nc(Br)cc(Nc2ccc(C)cc2C)n1. The average molecular weight is 306 g/mol. The van der Waals surface area contributed by atoms with Crippen molar-refractivity contribution < 1.29 is 0 Å². The van der Waals surface area contributed by atoms with Crippen molar-refractivity contribution >= 4 is 27.4 Å². The number of aromatic nitrogens is 2. The Bertz CT molecular complexity index is 567. The first-order valence-corrected chi connectivity index (χ1v) is 6.75. The summed E-state index contributed by atoms with van der Waals surface area (Å²) in [6.45, 7) is 6.22. The lowest BCUT2D eigenvalue weighted by atomic mass is 10.1. The van der Waals surface area contributed by atoms with Gasteiger partial charge in [-0.3, -0.25) is 0 Å². The van der Waals surface area contributed by atoms with Gasteiger partial charge in [-0.15, -0.1) is 0 Å². The Morgan fingerprint density at radius 2 is 1.94 bits per heavy atom. The Balaban J connectivity index is 2.30. The highest BCUT2D eigenvalue weighted by atomic mass is 79.9. The van der Waals surface area contributed by atoms with Gasteiger partial charge in [0.1, 0.15) is 16.2 Å². The smallest absolute Gasteiger partial charge is 0.135 e. The highest BCUT2D eigenvalue weighted by molar-refractivity contribution is 9.10. The van der Waals surface area contributed by atoms with Crippen LogP contribution in [0, 0.1) is 13.8 Å². The summed E-state index contributed by atoms with van der Waals surface area (Å²) in [4.78, 5) is 8.75. The molecule has 0 spiro atoms. The van der Waals surface area contributed by atoms with Gasteiger partial charge >= 0.3 is 0 Å². The molecule has 0 bridgehead atoms. The molecule has 0 aliphatic rings. The topological polar surface area (TPSA) is 37.8 Å². The molecule has 0 fully saturated rings. The van der Waals surface area contributed by atoms with Crippen LogP contribution in [-0.2, 0) is 6.42 Å². The van der Waals surface area contributed by atoms with Crippen LogP contribution in [0.3, 0.4) is 0 Å². The fourth-order valence-corrected chi connectivity index (χ4v) is 2.20. The molecule has 1 N–H and O–H groups in total. The fraction of sp³-hybridized carbons (Fsp3) is 0.286. The maximum absolute atomic E-state index is 4.46. The molecule has 0 aliphatic carbocycles. The largest absolute Gasteiger partial charge is 0.340 e. The molecule has 1 aromatic heterocycles. The number of hydrogen-bond donors (Lipinski definition) is 1. The Morgan fingerprint density at radius 1 is 1.17 bits per heavy atom. The van der Waals surface area contributed by atoms with Crippen molar-refractivity contribution in [2.24, 2.45) is 0 Å². The van der Waals surface area contributed by atoms with Crippen LogP contribution in [0.1, 0.15) is 23.9 Å².